The maximum absolute atomic E-state index is 12.9. The summed E-state index contributed by atoms with van der Waals surface area (Å²) in [6.45, 7) is 5.44. The minimum absolute atomic E-state index is 0.245. The summed E-state index contributed by atoms with van der Waals surface area (Å²) in [4.78, 5) is 43.7. The van der Waals surface area contributed by atoms with Gasteiger partial charge in [0.25, 0.3) is 17.7 Å². The van der Waals surface area contributed by atoms with E-state index in [1.807, 2.05) is 43.3 Å². The summed E-state index contributed by atoms with van der Waals surface area (Å²) in [5.41, 5.74) is 3.73. The first-order valence-corrected chi connectivity index (χ1v) is 10.6. The quantitative estimate of drug-likeness (QED) is 0.485. The van der Waals surface area contributed by atoms with Gasteiger partial charge in [-0.2, -0.15) is 5.10 Å². The van der Waals surface area contributed by atoms with Crippen LogP contribution in [-0.4, -0.2) is 43.4 Å². The fourth-order valence-corrected chi connectivity index (χ4v) is 4.03. The van der Waals surface area contributed by atoms with Gasteiger partial charge in [0.15, 0.2) is 5.65 Å². The number of fused-ring (bicyclic) bond motifs is 2. The Bertz CT molecular complexity index is 1440. The molecule has 0 bridgehead atoms. The van der Waals surface area contributed by atoms with Crippen molar-refractivity contribution in [1.29, 1.82) is 0 Å². The van der Waals surface area contributed by atoms with Crippen LogP contribution in [0.15, 0.2) is 60.8 Å². The van der Waals surface area contributed by atoms with Crippen molar-refractivity contribution in [1.82, 2.24) is 19.7 Å². The van der Waals surface area contributed by atoms with E-state index in [0.29, 0.717) is 16.9 Å². The Morgan fingerprint density at radius 1 is 0.970 bits per heavy atom. The van der Waals surface area contributed by atoms with E-state index in [1.165, 1.54) is 17.0 Å². The molecule has 0 unspecified atom stereocenters. The third-order valence-corrected chi connectivity index (χ3v) is 5.66. The average Bonchev–Trinajstić information content (AvgIpc) is 3.27. The van der Waals surface area contributed by atoms with Gasteiger partial charge < -0.3 is 5.32 Å². The van der Waals surface area contributed by atoms with Crippen LogP contribution in [0.3, 0.4) is 0 Å². The number of carbonyl (C=O) groups excluding carboxylic acids is 3. The number of carbonyl (C=O) groups is 3. The molecule has 2 aromatic carbocycles. The largest absolute Gasteiger partial charge is 0.321 e. The molecule has 3 amide bonds. The Kier molecular flexibility index (Phi) is 4.78. The van der Waals surface area contributed by atoms with Crippen LogP contribution in [-0.2, 0) is 0 Å². The van der Waals surface area contributed by atoms with E-state index in [4.69, 9.17) is 0 Å². The Morgan fingerprint density at radius 3 is 2.42 bits per heavy atom. The van der Waals surface area contributed by atoms with Crippen LogP contribution in [0.2, 0.25) is 0 Å². The number of nitrogens with one attached hydrogen (secondary N) is 1. The fraction of sp³-hybridized carbons (Fsp3) is 0.160. The second-order valence-corrected chi connectivity index (χ2v) is 8.22. The van der Waals surface area contributed by atoms with Crippen molar-refractivity contribution in [3.8, 4) is 5.69 Å². The van der Waals surface area contributed by atoms with Crippen LogP contribution in [0.25, 0.3) is 16.7 Å². The van der Waals surface area contributed by atoms with Crippen LogP contribution in [0.4, 0.5) is 5.69 Å². The highest BCUT2D eigenvalue weighted by molar-refractivity contribution is 6.22. The number of hydrogen-bond donors (Lipinski definition) is 1. The van der Waals surface area contributed by atoms with Crippen molar-refractivity contribution >= 4 is 34.4 Å². The molecule has 5 rings (SSSR count). The van der Waals surface area contributed by atoms with Crippen molar-refractivity contribution in [2.45, 2.75) is 26.8 Å². The second kappa shape index (κ2) is 7.67. The number of aryl methyl sites for hydroxylation is 1. The summed E-state index contributed by atoms with van der Waals surface area (Å²) < 4.78 is 1.76. The Hall–Kier alpha value is -4.33. The lowest BCUT2D eigenvalue weighted by molar-refractivity contribution is 0.0609. The first-order chi connectivity index (χ1) is 15.8. The highest BCUT2D eigenvalue weighted by atomic mass is 16.2. The third kappa shape index (κ3) is 3.36. The zero-order chi connectivity index (χ0) is 23.3. The van der Waals surface area contributed by atoms with Crippen LogP contribution in [0.5, 0.6) is 0 Å². The lowest BCUT2D eigenvalue weighted by Gasteiger charge is -2.17. The first kappa shape index (κ1) is 20.6. The van der Waals surface area contributed by atoms with Crippen LogP contribution in [0.1, 0.15) is 50.6 Å². The molecular formula is C25H21N5O3. The van der Waals surface area contributed by atoms with Crippen LogP contribution in [0, 0.1) is 6.92 Å². The highest BCUT2D eigenvalue weighted by Crippen LogP contribution is 2.27. The van der Waals surface area contributed by atoms with Gasteiger partial charge in [0, 0.05) is 17.0 Å². The molecule has 0 atom stereocenters. The van der Waals surface area contributed by atoms with E-state index in [9.17, 15) is 14.4 Å². The molecule has 0 aliphatic carbocycles. The Labute approximate surface area is 189 Å². The zero-order valence-corrected chi connectivity index (χ0v) is 18.4. The zero-order valence-electron chi connectivity index (χ0n) is 18.4. The number of pyridine rings is 1. The van der Waals surface area contributed by atoms with Crippen molar-refractivity contribution in [3.63, 3.8) is 0 Å². The number of amides is 3. The van der Waals surface area contributed by atoms with E-state index in [-0.39, 0.29) is 29.0 Å². The Morgan fingerprint density at radius 2 is 1.70 bits per heavy atom. The van der Waals surface area contributed by atoms with Gasteiger partial charge in [-0.3, -0.25) is 19.3 Å². The number of nitrogens with zero attached hydrogens (tertiary/aromatic N) is 4. The monoisotopic (exact) mass is 439 g/mol. The molecule has 2 aromatic heterocycles. The minimum Gasteiger partial charge on any atom is -0.321 e. The highest BCUT2D eigenvalue weighted by Gasteiger charge is 2.37. The molecule has 0 saturated carbocycles. The molecule has 3 heterocycles. The van der Waals surface area contributed by atoms with Crippen molar-refractivity contribution < 1.29 is 14.4 Å². The van der Waals surface area contributed by atoms with Gasteiger partial charge in [0.1, 0.15) is 0 Å². The number of imide groups is 1. The summed E-state index contributed by atoms with van der Waals surface area (Å²) in [5.74, 6) is -1.11. The number of aromatic nitrogens is 3. The maximum Gasteiger partial charge on any atom is 0.261 e. The second-order valence-electron chi connectivity index (χ2n) is 8.22. The molecule has 164 valence electrons. The molecule has 4 aromatic rings. The molecule has 8 heteroatoms. The molecule has 1 N–H and O–H groups in total. The summed E-state index contributed by atoms with van der Waals surface area (Å²) in [6.07, 6.45) is 1.57. The van der Waals surface area contributed by atoms with Crippen molar-refractivity contribution in [2.75, 3.05) is 5.32 Å². The molecule has 1 aliphatic rings. The standard InChI is InChI=1S/C25H21N5O3/c1-14(2)29-24(32)19-10-9-16(11-21(19)25(29)33)23(31)27-17-12-20-15(3)28-30(22(20)26-13-17)18-7-5-4-6-8-18/h4-14H,1-3H3,(H,27,31). The Balaban J connectivity index is 1.43. The number of para-hydroxylation sites is 1. The van der Waals surface area contributed by atoms with Gasteiger partial charge in [-0.1, -0.05) is 18.2 Å². The topological polar surface area (TPSA) is 97.2 Å². The minimum atomic E-state index is -0.393. The summed E-state index contributed by atoms with van der Waals surface area (Å²) in [5, 5.41) is 8.23. The third-order valence-electron chi connectivity index (χ3n) is 5.66. The van der Waals surface area contributed by atoms with Gasteiger partial charge in [-0.15, -0.1) is 0 Å². The average molecular weight is 439 g/mol. The lowest BCUT2D eigenvalue weighted by Crippen LogP contribution is -2.35. The maximum atomic E-state index is 12.9. The number of benzene rings is 2. The van der Waals surface area contributed by atoms with Gasteiger partial charge in [0.05, 0.1) is 34.4 Å². The number of hydrogen-bond acceptors (Lipinski definition) is 5. The number of rotatable bonds is 4. The molecule has 8 nitrogen and oxygen atoms in total. The van der Waals surface area contributed by atoms with E-state index in [0.717, 1.165) is 16.8 Å². The molecule has 33 heavy (non-hydrogen) atoms. The number of anilines is 1. The molecule has 1 aliphatic heterocycles. The summed E-state index contributed by atoms with van der Waals surface area (Å²) >= 11 is 0. The van der Waals surface area contributed by atoms with Gasteiger partial charge >= 0.3 is 0 Å². The van der Waals surface area contributed by atoms with Crippen molar-refractivity contribution in [3.05, 3.63) is 83.2 Å². The summed E-state index contributed by atoms with van der Waals surface area (Å²) in [7, 11) is 0. The molecule has 0 fully saturated rings. The smallest absolute Gasteiger partial charge is 0.261 e. The van der Waals surface area contributed by atoms with Gasteiger partial charge in [0.2, 0.25) is 0 Å². The fourth-order valence-electron chi connectivity index (χ4n) is 4.03. The first-order valence-electron chi connectivity index (χ1n) is 10.6. The molecule has 0 spiro atoms. The predicted octanol–water partition coefficient (Wildman–Crippen LogP) is 3.99. The normalized spacial score (nSPS) is 13.2. The van der Waals surface area contributed by atoms with E-state index >= 15 is 0 Å². The van der Waals surface area contributed by atoms with E-state index < -0.39 is 5.91 Å². The van der Waals surface area contributed by atoms with E-state index in [1.54, 1.807) is 30.8 Å². The molecule has 0 saturated heterocycles. The SMILES string of the molecule is Cc1nn(-c2ccccc2)c2ncc(NC(=O)c3ccc4c(c3)C(=O)N(C(C)C)C4=O)cc12. The molecular weight excluding hydrogens is 418 g/mol. The summed E-state index contributed by atoms with van der Waals surface area (Å²) in [6, 6.07) is 15.8. The lowest BCUT2D eigenvalue weighted by atomic mass is 10.1. The van der Waals surface area contributed by atoms with Crippen LogP contribution >= 0.6 is 0 Å². The van der Waals surface area contributed by atoms with E-state index in [2.05, 4.69) is 15.4 Å². The van der Waals surface area contributed by atoms with Gasteiger partial charge in [-0.25, -0.2) is 9.67 Å². The molecule has 0 radical (unpaired) electrons. The predicted molar refractivity (Wildman–Crippen MR) is 124 cm³/mol. The van der Waals surface area contributed by atoms with Crippen LogP contribution < -0.4 is 5.32 Å². The van der Waals surface area contributed by atoms with Crippen molar-refractivity contribution in [2.24, 2.45) is 0 Å². The van der Waals surface area contributed by atoms with Gasteiger partial charge in [-0.05, 0) is 57.2 Å².